The molecule has 1 saturated heterocycles. The smallest absolute Gasteiger partial charge is 0.134 e. The molecule has 2 heterocycles. The molecule has 1 aliphatic heterocycles. The van der Waals surface area contributed by atoms with Gasteiger partial charge in [0.05, 0.1) is 0 Å². The van der Waals surface area contributed by atoms with Gasteiger partial charge in [-0.2, -0.15) is 0 Å². The van der Waals surface area contributed by atoms with E-state index in [0.717, 1.165) is 18.2 Å². The Labute approximate surface area is 103 Å². The van der Waals surface area contributed by atoms with Gasteiger partial charge in [-0.25, -0.2) is 9.97 Å². The zero-order valence-electron chi connectivity index (χ0n) is 11.0. The van der Waals surface area contributed by atoms with Gasteiger partial charge in [0.2, 0.25) is 0 Å². The molecular weight excluding hydrogens is 212 g/mol. The van der Waals surface area contributed by atoms with E-state index in [-0.39, 0.29) is 0 Å². The third-order valence-electron chi connectivity index (χ3n) is 3.53. The molecule has 1 N–H and O–H groups in total. The molecule has 0 bridgehead atoms. The van der Waals surface area contributed by atoms with Crippen molar-refractivity contribution in [3.63, 3.8) is 0 Å². The van der Waals surface area contributed by atoms with Gasteiger partial charge in [0.25, 0.3) is 0 Å². The average molecular weight is 234 g/mol. The average Bonchev–Trinajstić information content (AvgIpc) is 2.71. The highest BCUT2D eigenvalue weighted by Gasteiger charge is 2.30. The summed E-state index contributed by atoms with van der Waals surface area (Å²) in [6.07, 6.45) is 5.38. The first-order valence-electron chi connectivity index (χ1n) is 6.60. The van der Waals surface area contributed by atoms with E-state index in [1.807, 2.05) is 0 Å². The molecule has 0 aromatic carbocycles. The molecular formula is C13H22N4. The van der Waals surface area contributed by atoms with Gasteiger partial charge in [0.15, 0.2) is 0 Å². The first kappa shape index (κ1) is 12.1. The van der Waals surface area contributed by atoms with Crippen molar-refractivity contribution in [3.8, 4) is 0 Å². The predicted octanol–water partition coefficient (Wildman–Crippen LogP) is 2.68. The van der Waals surface area contributed by atoms with Crippen molar-refractivity contribution in [2.45, 2.75) is 52.1 Å². The molecule has 2 rings (SSSR count). The van der Waals surface area contributed by atoms with Crippen molar-refractivity contribution in [1.29, 1.82) is 0 Å². The monoisotopic (exact) mass is 234 g/mol. The summed E-state index contributed by atoms with van der Waals surface area (Å²) in [5.74, 6) is 1.99. The summed E-state index contributed by atoms with van der Waals surface area (Å²) in [7, 11) is 0. The van der Waals surface area contributed by atoms with Crippen LogP contribution in [0.15, 0.2) is 12.4 Å². The Bertz CT molecular complexity index is 366. The highest BCUT2D eigenvalue weighted by atomic mass is 15.3. The minimum absolute atomic E-state index is 0.587. The molecule has 0 saturated carbocycles. The van der Waals surface area contributed by atoms with Gasteiger partial charge in [0, 0.05) is 24.7 Å². The lowest BCUT2D eigenvalue weighted by atomic mass is 10.1. The Morgan fingerprint density at radius 3 is 2.88 bits per heavy atom. The quantitative estimate of drug-likeness (QED) is 0.869. The van der Waals surface area contributed by atoms with Gasteiger partial charge in [0.1, 0.15) is 18.0 Å². The molecule has 1 aliphatic rings. The van der Waals surface area contributed by atoms with E-state index in [1.54, 1.807) is 6.33 Å². The number of aromatic nitrogens is 2. The van der Waals surface area contributed by atoms with Crippen LogP contribution in [0.5, 0.6) is 0 Å². The van der Waals surface area contributed by atoms with Gasteiger partial charge in [-0.3, -0.25) is 0 Å². The van der Waals surface area contributed by atoms with Gasteiger partial charge >= 0.3 is 0 Å². The largest absolute Gasteiger partial charge is 0.370 e. The SMILES string of the molecule is CCNc1cc(N2C(C)CCC2CC)ncn1. The van der Waals surface area contributed by atoms with Crippen molar-refractivity contribution in [2.24, 2.45) is 0 Å². The third kappa shape index (κ3) is 2.51. The van der Waals surface area contributed by atoms with Gasteiger partial charge in [-0.05, 0) is 33.1 Å². The van der Waals surface area contributed by atoms with Crippen LogP contribution in [0.4, 0.5) is 11.6 Å². The van der Waals surface area contributed by atoms with Crippen LogP contribution in [0, 0.1) is 0 Å². The second-order valence-electron chi connectivity index (χ2n) is 4.69. The molecule has 0 spiro atoms. The van der Waals surface area contributed by atoms with E-state index >= 15 is 0 Å². The minimum atomic E-state index is 0.587. The lowest BCUT2D eigenvalue weighted by molar-refractivity contribution is 0.620. The van der Waals surface area contributed by atoms with Gasteiger partial charge in [-0.1, -0.05) is 6.92 Å². The highest BCUT2D eigenvalue weighted by Crippen LogP contribution is 2.31. The van der Waals surface area contributed by atoms with Crippen LogP contribution in [0.25, 0.3) is 0 Å². The van der Waals surface area contributed by atoms with Crippen LogP contribution < -0.4 is 10.2 Å². The van der Waals surface area contributed by atoms with Crippen LogP contribution in [-0.4, -0.2) is 28.6 Å². The molecule has 2 atom stereocenters. The summed E-state index contributed by atoms with van der Waals surface area (Å²) in [5.41, 5.74) is 0. The number of hydrogen-bond donors (Lipinski definition) is 1. The maximum atomic E-state index is 4.43. The number of rotatable bonds is 4. The van der Waals surface area contributed by atoms with Crippen molar-refractivity contribution in [1.82, 2.24) is 9.97 Å². The zero-order valence-corrected chi connectivity index (χ0v) is 11.0. The Morgan fingerprint density at radius 2 is 2.18 bits per heavy atom. The highest BCUT2D eigenvalue weighted by molar-refractivity contribution is 5.50. The van der Waals surface area contributed by atoms with Gasteiger partial charge < -0.3 is 10.2 Å². The fourth-order valence-corrected chi connectivity index (χ4v) is 2.65. The number of anilines is 2. The Hall–Kier alpha value is -1.32. The summed E-state index contributed by atoms with van der Waals surface area (Å²) >= 11 is 0. The van der Waals surface area contributed by atoms with Crippen molar-refractivity contribution in [3.05, 3.63) is 12.4 Å². The molecule has 94 valence electrons. The molecule has 17 heavy (non-hydrogen) atoms. The molecule has 1 fully saturated rings. The topological polar surface area (TPSA) is 41.0 Å². The number of nitrogens with zero attached hydrogens (tertiary/aromatic N) is 3. The molecule has 0 radical (unpaired) electrons. The van der Waals surface area contributed by atoms with E-state index in [1.165, 1.54) is 19.3 Å². The van der Waals surface area contributed by atoms with Crippen molar-refractivity contribution >= 4 is 11.6 Å². The van der Waals surface area contributed by atoms with E-state index in [9.17, 15) is 0 Å². The van der Waals surface area contributed by atoms with E-state index in [2.05, 4.69) is 47.0 Å². The van der Waals surface area contributed by atoms with E-state index in [0.29, 0.717) is 12.1 Å². The van der Waals surface area contributed by atoms with E-state index < -0.39 is 0 Å². The molecule has 0 amide bonds. The lowest BCUT2D eigenvalue weighted by Crippen LogP contribution is -2.34. The summed E-state index contributed by atoms with van der Waals surface area (Å²) in [5, 5.41) is 3.24. The maximum Gasteiger partial charge on any atom is 0.134 e. The van der Waals surface area contributed by atoms with Crippen LogP contribution in [-0.2, 0) is 0 Å². The number of nitrogens with one attached hydrogen (secondary N) is 1. The van der Waals surface area contributed by atoms with Crippen LogP contribution in [0.1, 0.15) is 40.0 Å². The Balaban J connectivity index is 2.22. The van der Waals surface area contributed by atoms with E-state index in [4.69, 9.17) is 0 Å². The molecule has 4 heteroatoms. The fraction of sp³-hybridized carbons (Fsp3) is 0.692. The third-order valence-corrected chi connectivity index (χ3v) is 3.53. The van der Waals surface area contributed by atoms with Crippen LogP contribution in [0.2, 0.25) is 0 Å². The van der Waals surface area contributed by atoms with Crippen molar-refractivity contribution < 1.29 is 0 Å². The fourth-order valence-electron chi connectivity index (χ4n) is 2.65. The first-order chi connectivity index (χ1) is 8.26. The number of hydrogen-bond acceptors (Lipinski definition) is 4. The standard InChI is InChI=1S/C13H22N4/c1-4-11-7-6-10(3)17(11)13-8-12(14-5-2)15-9-16-13/h8-11H,4-7H2,1-3H3,(H,14,15,16). The summed E-state index contributed by atoms with van der Waals surface area (Å²) in [6.45, 7) is 7.51. The van der Waals surface area contributed by atoms with Crippen LogP contribution in [0.3, 0.4) is 0 Å². The molecule has 0 aliphatic carbocycles. The molecule has 4 nitrogen and oxygen atoms in total. The Morgan fingerprint density at radius 1 is 1.35 bits per heavy atom. The lowest BCUT2D eigenvalue weighted by Gasteiger charge is -2.29. The summed E-state index contributed by atoms with van der Waals surface area (Å²) in [4.78, 5) is 11.1. The first-order valence-corrected chi connectivity index (χ1v) is 6.60. The predicted molar refractivity (Wildman–Crippen MR) is 71.4 cm³/mol. The molecule has 1 aromatic rings. The summed E-state index contributed by atoms with van der Waals surface area (Å²) in [6, 6.07) is 3.28. The maximum absolute atomic E-state index is 4.43. The van der Waals surface area contributed by atoms with Gasteiger partial charge in [-0.15, -0.1) is 0 Å². The molecule has 1 aromatic heterocycles. The normalized spacial score (nSPS) is 24.1. The van der Waals surface area contributed by atoms with Crippen LogP contribution >= 0.6 is 0 Å². The minimum Gasteiger partial charge on any atom is -0.370 e. The zero-order chi connectivity index (χ0) is 12.3. The van der Waals surface area contributed by atoms with Crippen molar-refractivity contribution in [2.75, 3.05) is 16.8 Å². The second kappa shape index (κ2) is 5.34. The Kier molecular flexibility index (Phi) is 3.82. The molecule has 2 unspecified atom stereocenters. The summed E-state index contributed by atoms with van der Waals surface area (Å²) < 4.78 is 0. The second-order valence-corrected chi connectivity index (χ2v) is 4.69.